The van der Waals surface area contributed by atoms with Crippen molar-refractivity contribution >= 4 is 10.0 Å². The van der Waals surface area contributed by atoms with E-state index in [4.69, 9.17) is 0 Å². The summed E-state index contributed by atoms with van der Waals surface area (Å²) >= 11 is 0. The molecule has 2 rings (SSSR count). The van der Waals surface area contributed by atoms with Crippen molar-refractivity contribution in [2.24, 2.45) is 5.92 Å². The number of piperidine rings is 1. The highest BCUT2D eigenvalue weighted by atomic mass is 32.2. The van der Waals surface area contributed by atoms with Gasteiger partial charge < -0.3 is 5.32 Å². The lowest BCUT2D eigenvalue weighted by atomic mass is 9.91. The smallest absolute Gasteiger partial charge is 0.216 e. The van der Waals surface area contributed by atoms with Crippen molar-refractivity contribution in [2.75, 3.05) is 13.1 Å². The van der Waals surface area contributed by atoms with Gasteiger partial charge in [-0.1, -0.05) is 13.3 Å². The zero-order chi connectivity index (χ0) is 17.0. The van der Waals surface area contributed by atoms with Crippen molar-refractivity contribution in [3.63, 3.8) is 0 Å². The molecule has 0 amide bonds. The maximum absolute atomic E-state index is 12.4. The molecule has 1 saturated heterocycles. The Morgan fingerprint density at radius 2 is 2.13 bits per heavy atom. The number of sulfonamides is 1. The van der Waals surface area contributed by atoms with Gasteiger partial charge in [-0.2, -0.15) is 5.10 Å². The van der Waals surface area contributed by atoms with Gasteiger partial charge in [0.2, 0.25) is 10.0 Å². The molecule has 1 aromatic rings. The second-order valence-corrected chi connectivity index (χ2v) is 9.09. The van der Waals surface area contributed by atoms with Gasteiger partial charge in [0.1, 0.15) is 0 Å². The van der Waals surface area contributed by atoms with Gasteiger partial charge in [0.05, 0.1) is 11.4 Å². The third kappa shape index (κ3) is 4.33. The van der Waals surface area contributed by atoms with E-state index in [0.717, 1.165) is 25.9 Å². The van der Waals surface area contributed by atoms with Crippen LogP contribution in [-0.2, 0) is 23.1 Å². The first-order valence-corrected chi connectivity index (χ1v) is 10.1. The van der Waals surface area contributed by atoms with Crippen molar-refractivity contribution in [1.29, 1.82) is 0 Å². The van der Waals surface area contributed by atoms with Crippen LogP contribution in [0.3, 0.4) is 0 Å². The summed E-state index contributed by atoms with van der Waals surface area (Å²) in [5.41, 5.74) is 1.18. The van der Waals surface area contributed by atoms with Crippen molar-refractivity contribution in [3.8, 4) is 0 Å². The SMILES string of the molecule is CC[C@@H]1CN(S(=O)(=O)C(C)C)CC[C@H]1NCc1cnn(CC)c1. The van der Waals surface area contributed by atoms with E-state index < -0.39 is 10.0 Å². The second-order valence-electron chi connectivity index (χ2n) is 6.60. The van der Waals surface area contributed by atoms with Gasteiger partial charge in [-0.25, -0.2) is 12.7 Å². The molecule has 132 valence electrons. The molecule has 0 bridgehead atoms. The molecule has 2 heterocycles. The summed E-state index contributed by atoms with van der Waals surface area (Å²) in [4.78, 5) is 0. The van der Waals surface area contributed by atoms with E-state index >= 15 is 0 Å². The highest BCUT2D eigenvalue weighted by molar-refractivity contribution is 7.89. The fraction of sp³-hybridized carbons (Fsp3) is 0.812. The van der Waals surface area contributed by atoms with Gasteiger partial charge in [0.25, 0.3) is 0 Å². The van der Waals surface area contributed by atoms with Crippen LogP contribution >= 0.6 is 0 Å². The Balaban J connectivity index is 1.94. The Bertz CT molecular complexity index is 597. The van der Waals surface area contributed by atoms with E-state index in [-0.39, 0.29) is 5.25 Å². The summed E-state index contributed by atoms with van der Waals surface area (Å²) in [6.45, 7) is 10.6. The number of nitrogens with zero attached hydrogens (tertiary/aromatic N) is 3. The normalized spacial score (nSPS) is 23.5. The Labute approximate surface area is 140 Å². The highest BCUT2D eigenvalue weighted by Gasteiger charge is 2.34. The lowest BCUT2D eigenvalue weighted by Gasteiger charge is -2.38. The zero-order valence-electron chi connectivity index (χ0n) is 14.7. The van der Waals surface area contributed by atoms with Crippen LogP contribution in [0.15, 0.2) is 12.4 Å². The third-order valence-corrected chi connectivity index (χ3v) is 7.00. The van der Waals surface area contributed by atoms with Crippen LogP contribution < -0.4 is 5.32 Å². The van der Waals surface area contributed by atoms with E-state index in [2.05, 4.69) is 30.5 Å². The van der Waals surface area contributed by atoms with Gasteiger partial charge >= 0.3 is 0 Å². The van der Waals surface area contributed by atoms with E-state index in [1.165, 1.54) is 5.56 Å². The van der Waals surface area contributed by atoms with Gasteiger partial charge in [0, 0.05) is 44.0 Å². The molecule has 7 heteroatoms. The third-order valence-electron chi connectivity index (χ3n) is 4.76. The summed E-state index contributed by atoms with van der Waals surface area (Å²) in [6.07, 6.45) is 5.81. The Kier molecular flexibility index (Phi) is 6.22. The molecule has 1 N–H and O–H groups in total. The molecule has 0 saturated carbocycles. The van der Waals surface area contributed by atoms with Gasteiger partial charge in [-0.05, 0) is 33.1 Å². The summed E-state index contributed by atoms with van der Waals surface area (Å²) in [5.74, 6) is 0.360. The standard InChI is InChI=1S/C16H30N4O2S/c1-5-15-12-20(23(21,22)13(3)4)8-7-16(15)17-9-14-10-18-19(6-2)11-14/h10-11,13,15-17H,5-9,12H2,1-4H3/t15-,16-/m1/s1. The Morgan fingerprint density at radius 1 is 1.39 bits per heavy atom. The first kappa shape index (κ1) is 18.4. The fourth-order valence-electron chi connectivity index (χ4n) is 3.13. The van der Waals surface area contributed by atoms with Crippen molar-refractivity contribution in [3.05, 3.63) is 18.0 Å². The molecular weight excluding hydrogens is 312 g/mol. The minimum absolute atomic E-state index is 0.343. The fourth-order valence-corrected chi connectivity index (χ4v) is 4.49. The van der Waals surface area contributed by atoms with E-state index in [9.17, 15) is 8.42 Å². The molecule has 2 atom stereocenters. The number of nitrogens with one attached hydrogen (secondary N) is 1. The first-order chi connectivity index (χ1) is 10.9. The first-order valence-electron chi connectivity index (χ1n) is 8.62. The number of aryl methyl sites for hydroxylation is 1. The monoisotopic (exact) mass is 342 g/mol. The predicted octanol–water partition coefficient (Wildman–Crippen LogP) is 1.83. The number of hydrogen-bond donors (Lipinski definition) is 1. The van der Waals surface area contributed by atoms with E-state index in [1.54, 1.807) is 18.2 Å². The lowest BCUT2D eigenvalue weighted by Crippen LogP contribution is -2.51. The molecular formula is C16H30N4O2S. The Morgan fingerprint density at radius 3 is 2.70 bits per heavy atom. The minimum atomic E-state index is -3.14. The largest absolute Gasteiger partial charge is 0.309 e. The van der Waals surface area contributed by atoms with Crippen LogP contribution in [0.5, 0.6) is 0 Å². The topological polar surface area (TPSA) is 67.2 Å². The van der Waals surface area contributed by atoms with Crippen LogP contribution in [0.4, 0.5) is 0 Å². The molecule has 1 fully saturated rings. The summed E-state index contributed by atoms with van der Waals surface area (Å²) < 4.78 is 28.3. The molecule has 6 nitrogen and oxygen atoms in total. The number of hydrogen-bond acceptors (Lipinski definition) is 4. The molecule has 0 radical (unpaired) electrons. The molecule has 0 unspecified atom stereocenters. The maximum Gasteiger partial charge on any atom is 0.216 e. The van der Waals surface area contributed by atoms with Gasteiger partial charge in [0.15, 0.2) is 0 Å². The van der Waals surface area contributed by atoms with Crippen LogP contribution in [0.25, 0.3) is 0 Å². The average Bonchev–Trinajstić information content (AvgIpc) is 3.00. The quantitative estimate of drug-likeness (QED) is 0.821. The lowest BCUT2D eigenvalue weighted by molar-refractivity contribution is 0.200. The maximum atomic E-state index is 12.4. The summed E-state index contributed by atoms with van der Waals surface area (Å²) in [5, 5.41) is 7.55. The van der Waals surface area contributed by atoms with Crippen molar-refractivity contribution in [2.45, 2.75) is 64.9 Å². The van der Waals surface area contributed by atoms with Crippen LogP contribution in [0.1, 0.15) is 46.1 Å². The van der Waals surface area contributed by atoms with Crippen molar-refractivity contribution in [1.82, 2.24) is 19.4 Å². The average molecular weight is 343 g/mol. The van der Waals surface area contributed by atoms with Crippen LogP contribution in [0.2, 0.25) is 0 Å². The van der Waals surface area contributed by atoms with Crippen LogP contribution in [0, 0.1) is 5.92 Å². The highest BCUT2D eigenvalue weighted by Crippen LogP contribution is 2.24. The molecule has 23 heavy (non-hydrogen) atoms. The summed E-state index contributed by atoms with van der Waals surface area (Å²) in [7, 11) is -3.14. The molecule has 1 aliphatic heterocycles. The van der Waals surface area contributed by atoms with E-state index in [0.29, 0.717) is 25.0 Å². The number of rotatable bonds is 7. The molecule has 0 aliphatic carbocycles. The minimum Gasteiger partial charge on any atom is -0.309 e. The zero-order valence-corrected chi connectivity index (χ0v) is 15.5. The number of aromatic nitrogens is 2. The van der Waals surface area contributed by atoms with E-state index in [1.807, 2.05) is 10.9 Å². The van der Waals surface area contributed by atoms with Crippen molar-refractivity contribution < 1.29 is 8.42 Å². The molecule has 1 aliphatic rings. The van der Waals surface area contributed by atoms with Gasteiger partial charge in [-0.15, -0.1) is 0 Å². The molecule has 1 aromatic heterocycles. The van der Waals surface area contributed by atoms with Gasteiger partial charge in [-0.3, -0.25) is 4.68 Å². The summed E-state index contributed by atoms with van der Waals surface area (Å²) in [6, 6.07) is 0.364. The van der Waals surface area contributed by atoms with Crippen LogP contribution in [-0.4, -0.2) is 46.9 Å². The molecule has 0 aromatic carbocycles. The molecule has 0 spiro atoms. The Hall–Kier alpha value is -0.920. The second kappa shape index (κ2) is 7.77. The predicted molar refractivity (Wildman–Crippen MR) is 92.6 cm³/mol.